The van der Waals surface area contributed by atoms with E-state index in [4.69, 9.17) is 10.5 Å². The number of hydrogen-bond acceptors (Lipinski definition) is 4. The van der Waals surface area contributed by atoms with Crippen LogP contribution in [-0.4, -0.2) is 53.3 Å². The van der Waals surface area contributed by atoms with Crippen molar-refractivity contribution in [2.75, 3.05) is 25.4 Å². The van der Waals surface area contributed by atoms with Crippen molar-refractivity contribution in [1.29, 1.82) is 0 Å². The molecule has 3 nitrogen and oxygen atoms in total. The van der Waals surface area contributed by atoms with Gasteiger partial charge in [0.15, 0.2) is 0 Å². The van der Waals surface area contributed by atoms with Gasteiger partial charge in [0.25, 0.3) is 0 Å². The first kappa shape index (κ1) is 12.3. The number of rotatable bonds is 2. The first-order chi connectivity index (χ1) is 8.28. The number of nitrogens with zero attached hydrogens (tertiary/aromatic N) is 1. The van der Waals surface area contributed by atoms with Crippen molar-refractivity contribution in [3.05, 3.63) is 0 Å². The Morgan fingerprint density at radius 3 is 3.06 bits per heavy atom. The highest BCUT2D eigenvalue weighted by atomic mass is 32.2. The third kappa shape index (κ3) is 1.84. The first-order valence-electron chi connectivity index (χ1n) is 6.98. The van der Waals surface area contributed by atoms with Crippen molar-refractivity contribution < 1.29 is 4.74 Å². The van der Waals surface area contributed by atoms with Crippen LogP contribution in [0.3, 0.4) is 0 Å². The minimum Gasteiger partial charge on any atom is -0.375 e. The van der Waals surface area contributed by atoms with Crippen molar-refractivity contribution in [3.8, 4) is 0 Å². The monoisotopic (exact) mass is 256 g/mol. The third-order valence-corrected chi connectivity index (χ3v) is 6.45. The van der Waals surface area contributed by atoms with Gasteiger partial charge < -0.3 is 10.5 Å². The van der Waals surface area contributed by atoms with E-state index in [0.717, 1.165) is 19.7 Å². The summed E-state index contributed by atoms with van der Waals surface area (Å²) in [7, 11) is 0. The van der Waals surface area contributed by atoms with Crippen molar-refractivity contribution in [1.82, 2.24) is 4.90 Å². The molecule has 3 rings (SSSR count). The molecular weight excluding hydrogens is 232 g/mol. The van der Waals surface area contributed by atoms with E-state index in [0.29, 0.717) is 17.4 Å². The minimum atomic E-state index is 0.252. The highest BCUT2D eigenvalue weighted by Crippen LogP contribution is 2.44. The standard InChI is InChI=1S/C13H24N2OS/c1-10-13(9-14,5-8-17-10)15-6-7-16-12-4-2-3-11(12)15/h10-12H,2-9,14H2,1H3. The van der Waals surface area contributed by atoms with Gasteiger partial charge in [-0.1, -0.05) is 6.92 Å². The van der Waals surface area contributed by atoms with Crippen LogP contribution in [0.25, 0.3) is 0 Å². The normalized spacial score (nSPS) is 47.3. The summed E-state index contributed by atoms with van der Waals surface area (Å²) in [5.41, 5.74) is 6.43. The molecule has 2 N–H and O–H groups in total. The van der Waals surface area contributed by atoms with Gasteiger partial charge in [-0.2, -0.15) is 11.8 Å². The zero-order valence-electron chi connectivity index (χ0n) is 10.7. The lowest BCUT2D eigenvalue weighted by molar-refractivity contribution is -0.0962. The highest BCUT2D eigenvalue weighted by Gasteiger charge is 2.50. The lowest BCUT2D eigenvalue weighted by atomic mass is 9.87. The third-order valence-electron chi connectivity index (χ3n) is 5.07. The summed E-state index contributed by atoms with van der Waals surface area (Å²) in [6.45, 7) is 5.16. The van der Waals surface area contributed by atoms with Crippen LogP contribution in [0, 0.1) is 0 Å². The first-order valence-corrected chi connectivity index (χ1v) is 8.03. The molecule has 0 radical (unpaired) electrons. The van der Waals surface area contributed by atoms with Crippen molar-refractivity contribution in [2.45, 2.75) is 55.5 Å². The molecule has 4 atom stereocenters. The smallest absolute Gasteiger partial charge is 0.0731 e. The van der Waals surface area contributed by atoms with Gasteiger partial charge in [0, 0.05) is 29.9 Å². The van der Waals surface area contributed by atoms with Gasteiger partial charge in [0.1, 0.15) is 0 Å². The van der Waals surface area contributed by atoms with Gasteiger partial charge in [-0.3, -0.25) is 4.90 Å². The zero-order valence-corrected chi connectivity index (χ0v) is 11.5. The molecule has 17 heavy (non-hydrogen) atoms. The van der Waals surface area contributed by atoms with Crippen LogP contribution >= 0.6 is 11.8 Å². The second-order valence-corrected chi connectivity index (χ2v) is 7.12. The topological polar surface area (TPSA) is 38.5 Å². The van der Waals surface area contributed by atoms with Gasteiger partial charge in [0.2, 0.25) is 0 Å². The fourth-order valence-electron chi connectivity index (χ4n) is 4.01. The van der Waals surface area contributed by atoms with Crippen LogP contribution in [-0.2, 0) is 4.74 Å². The molecule has 0 aromatic rings. The molecule has 0 bridgehead atoms. The second-order valence-electron chi connectivity index (χ2n) is 5.67. The predicted octanol–water partition coefficient (Wildman–Crippen LogP) is 1.46. The number of fused-ring (bicyclic) bond motifs is 1. The van der Waals surface area contributed by atoms with Gasteiger partial charge >= 0.3 is 0 Å². The predicted molar refractivity (Wildman–Crippen MR) is 72.4 cm³/mol. The fraction of sp³-hybridized carbons (Fsp3) is 1.00. The fourth-order valence-corrected chi connectivity index (χ4v) is 5.50. The largest absolute Gasteiger partial charge is 0.375 e. The van der Waals surface area contributed by atoms with E-state index in [1.54, 1.807) is 0 Å². The summed E-state index contributed by atoms with van der Waals surface area (Å²) in [6, 6.07) is 0.647. The summed E-state index contributed by atoms with van der Waals surface area (Å²) in [5, 5.41) is 0.673. The molecule has 3 aliphatic rings. The van der Waals surface area contributed by atoms with Gasteiger partial charge in [-0.25, -0.2) is 0 Å². The molecule has 0 spiro atoms. The van der Waals surface area contributed by atoms with E-state index in [1.807, 2.05) is 0 Å². The molecule has 0 aromatic carbocycles. The maximum Gasteiger partial charge on any atom is 0.0731 e. The second kappa shape index (κ2) is 4.72. The Kier molecular flexibility index (Phi) is 3.41. The van der Waals surface area contributed by atoms with Gasteiger partial charge in [0.05, 0.1) is 12.7 Å². The van der Waals surface area contributed by atoms with Gasteiger partial charge in [-0.15, -0.1) is 0 Å². The molecule has 3 fully saturated rings. The SMILES string of the molecule is CC1SCCC1(CN)N1CCOC2CCCC21. The van der Waals surface area contributed by atoms with Crippen LogP contribution in [0.15, 0.2) is 0 Å². The van der Waals surface area contributed by atoms with Crippen LogP contribution < -0.4 is 5.73 Å². The number of morpholine rings is 1. The summed E-state index contributed by atoms with van der Waals surface area (Å²) >= 11 is 2.09. The van der Waals surface area contributed by atoms with Crippen LogP contribution in [0.2, 0.25) is 0 Å². The van der Waals surface area contributed by atoms with Crippen molar-refractivity contribution >= 4 is 11.8 Å². The quantitative estimate of drug-likeness (QED) is 0.812. The van der Waals surface area contributed by atoms with Crippen molar-refractivity contribution in [3.63, 3.8) is 0 Å². The van der Waals surface area contributed by atoms with E-state index < -0.39 is 0 Å². The average molecular weight is 256 g/mol. The Bertz CT molecular complexity index is 289. The molecule has 4 heteroatoms. The summed E-state index contributed by atoms with van der Waals surface area (Å²) in [6.07, 6.45) is 5.64. The Balaban J connectivity index is 1.85. The molecule has 2 aliphatic heterocycles. The van der Waals surface area contributed by atoms with Crippen LogP contribution in [0.5, 0.6) is 0 Å². The summed E-state index contributed by atoms with van der Waals surface area (Å²) < 4.78 is 5.93. The van der Waals surface area contributed by atoms with E-state index in [9.17, 15) is 0 Å². The Hall–Kier alpha value is 0.230. The minimum absolute atomic E-state index is 0.252. The molecule has 1 saturated carbocycles. The maximum atomic E-state index is 6.18. The molecule has 4 unspecified atom stereocenters. The molecule has 0 aromatic heterocycles. The van der Waals surface area contributed by atoms with E-state index >= 15 is 0 Å². The summed E-state index contributed by atoms with van der Waals surface area (Å²) in [4.78, 5) is 2.73. The molecular formula is C13H24N2OS. The number of thioether (sulfide) groups is 1. The van der Waals surface area contributed by atoms with E-state index in [-0.39, 0.29) is 5.54 Å². The number of hydrogen-bond donors (Lipinski definition) is 1. The van der Waals surface area contributed by atoms with E-state index in [1.165, 1.54) is 31.4 Å². The Labute approximate surface area is 108 Å². The summed E-state index contributed by atoms with van der Waals surface area (Å²) in [5.74, 6) is 1.27. The highest BCUT2D eigenvalue weighted by molar-refractivity contribution is 8.00. The van der Waals surface area contributed by atoms with Crippen LogP contribution in [0.1, 0.15) is 32.6 Å². The molecule has 98 valence electrons. The van der Waals surface area contributed by atoms with E-state index in [2.05, 4.69) is 23.6 Å². The number of ether oxygens (including phenoxy) is 1. The Morgan fingerprint density at radius 1 is 1.47 bits per heavy atom. The molecule has 0 amide bonds. The van der Waals surface area contributed by atoms with Crippen molar-refractivity contribution in [2.24, 2.45) is 5.73 Å². The molecule has 2 heterocycles. The number of nitrogens with two attached hydrogens (primary N) is 1. The lowest BCUT2D eigenvalue weighted by Crippen LogP contribution is -2.65. The molecule has 2 saturated heterocycles. The lowest BCUT2D eigenvalue weighted by Gasteiger charge is -2.50. The maximum absolute atomic E-state index is 6.18. The van der Waals surface area contributed by atoms with Crippen LogP contribution in [0.4, 0.5) is 0 Å². The average Bonchev–Trinajstić information content (AvgIpc) is 2.95. The zero-order chi connectivity index (χ0) is 11.9. The van der Waals surface area contributed by atoms with Gasteiger partial charge in [-0.05, 0) is 31.4 Å². The Morgan fingerprint density at radius 2 is 2.35 bits per heavy atom. The molecule has 1 aliphatic carbocycles.